The summed E-state index contributed by atoms with van der Waals surface area (Å²) in [5.41, 5.74) is 4.31. The largest absolute Gasteiger partial charge is 0.449 e. The van der Waals surface area contributed by atoms with E-state index in [9.17, 15) is 23.2 Å². The SMILES string of the molecule is C[C@H](OC(=O)c1cc(F)cc(F)c1)C(=O)NC(N)=O. The van der Waals surface area contributed by atoms with E-state index >= 15 is 0 Å². The molecule has 8 heteroatoms. The lowest BCUT2D eigenvalue weighted by atomic mass is 10.2. The zero-order valence-electron chi connectivity index (χ0n) is 9.78. The molecule has 19 heavy (non-hydrogen) atoms. The van der Waals surface area contributed by atoms with E-state index in [2.05, 4.69) is 4.74 Å². The summed E-state index contributed by atoms with van der Waals surface area (Å²) >= 11 is 0. The van der Waals surface area contributed by atoms with Gasteiger partial charge in [0.2, 0.25) is 0 Å². The molecule has 102 valence electrons. The van der Waals surface area contributed by atoms with Crippen LogP contribution < -0.4 is 11.1 Å². The zero-order valence-corrected chi connectivity index (χ0v) is 9.78. The standard InChI is InChI=1S/C11H10F2N2O4/c1-5(9(16)15-11(14)18)19-10(17)6-2-7(12)4-8(13)3-6/h2-5H,1H3,(H3,14,15,16,18)/t5-/m0/s1. The third-order valence-corrected chi connectivity index (χ3v) is 2.00. The van der Waals surface area contributed by atoms with Gasteiger partial charge < -0.3 is 10.5 Å². The Morgan fingerprint density at radius 2 is 1.74 bits per heavy atom. The zero-order chi connectivity index (χ0) is 14.6. The van der Waals surface area contributed by atoms with Crippen LogP contribution in [0.25, 0.3) is 0 Å². The number of nitrogens with two attached hydrogens (primary N) is 1. The molecule has 0 aliphatic heterocycles. The molecule has 0 aliphatic carbocycles. The van der Waals surface area contributed by atoms with Crippen molar-refractivity contribution in [3.8, 4) is 0 Å². The molecule has 3 amide bonds. The molecule has 0 aliphatic rings. The Kier molecular flexibility index (Phi) is 4.51. The van der Waals surface area contributed by atoms with E-state index < -0.39 is 41.2 Å². The summed E-state index contributed by atoms with van der Waals surface area (Å²) in [6.07, 6.45) is -1.34. The molecule has 3 N–H and O–H groups in total. The summed E-state index contributed by atoms with van der Waals surface area (Å²) < 4.78 is 30.4. The van der Waals surface area contributed by atoms with Gasteiger partial charge >= 0.3 is 12.0 Å². The molecule has 1 rings (SSSR count). The van der Waals surface area contributed by atoms with Crippen molar-refractivity contribution in [2.75, 3.05) is 0 Å². The van der Waals surface area contributed by atoms with Gasteiger partial charge in [0.25, 0.3) is 5.91 Å². The second-order valence-electron chi connectivity index (χ2n) is 3.56. The first-order valence-electron chi connectivity index (χ1n) is 5.07. The topological polar surface area (TPSA) is 98.5 Å². The molecule has 0 saturated carbocycles. The van der Waals surface area contributed by atoms with Gasteiger partial charge in [0.05, 0.1) is 5.56 Å². The van der Waals surface area contributed by atoms with Crippen molar-refractivity contribution >= 4 is 17.9 Å². The van der Waals surface area contributed by atoms with Crippen LogP contribution in [0.1, 0.15) is 17.3 Å². The first kappa shape index (κ1) is 14.6. The molecular weight excluding hydrogens is 262 g/mol. The average Bonchev–Trinajstić information content (AvgIpc) is 2.26. The number of amides is 3. The Labute approximate surface area is 106 Å². The lowest BCUT2D eigenvalue weighted by molar-refractivity contribution is -0.127. The molecule has 1 aromatic rings. The number of carbonyl (C=O) groups is 3. The molecule has 0 unspecified atom stereocenters. The van der Waals surface area contributed by atoms with Gasteiger partial charge in [0.1, 0.15) is 11.6 Å². The van der Waals surface area contributed by atoms with Crippen LogP contribution in [0.15, 0.2) is 18.2 Å². The fraction of sp³-hybridized carbons (Fsp3) is 0.182. The van der Waals surface area contributed by atoms with E-state index in [1.165, 1.54) is 6.92 Å². The van der Waals surface area contributed by atoms with E-state index in [-0.39, 0.29) is 0 Å². The third-order valence-electron chi connectivity index (χ3n) is 2.00. The maximum atomic E-state index is 12.9. The molecular formula is C11H10F2N2O4. The van der Waals surface area contributed by atoms with Crippen LogP contribution in [0.3, 0.4) is 0 Å². The monoisotopic (exact) mass is 272 g/mol. The van der Waals surface area contributed by atoms with E-state index in [1.54, 1.807) is 5.32 Å². The summed E-state index contributed by atoms with van der Waals surface area (Å²) in [4.78, 5) is 33.1. The van der Waals surface area contributed by atoms with Crippen LogP contribution in [0.4, 0.5) is 13.6 Å². The van der Waals surface area contributed by atoms with Crippen molar-refractivity contribution < 1.29 is 27.9 Å². The number of rotatable bonds is 3. The number of esters is 1. The van der Waals surface area contributed by atoms with Gasteiger partial charge in [-0.2, -0.15) is 0 Å². The first-order chi connectivity index (χ1) is 8.79. The summed E-state index contributed by atoms with van der Waals surface area (Å²) in [5.74, 6) is -3.97. The summed E-state index contributed by atoms with van der Waals surface area (Å²) in [5, 5.41) is 1.70. The minimum absolute atomic E-state index is 0.392. The van der Waals surface area contributed by atoms with E-state index in [0.717, 1.165) is 12.1 Å². The molecule has 0 aromatic heterocycles. The smallest absolute Gasteiger partial charge is 0.339 e. The molecule has 6 nitrogen and oxygen atoms in total. The van der Waals surface area contributed by atoms with Gasteiger partial charge in [-0.15, -0.1) is 0 Å². The number of urea groups is 1. The molecule has 0 saturated heterocycles. The number of nitrogens with one attached hydrogen (secondary N) is 1. The van der Waals surface area contributed by atoms with Gasteiger partial charge in [-0.1, -0.05) is 0 Å². The maximum Gasteiger partial charge on any atom is 0.339 e. The normalized spacial score (nSPS) is 11.5. The number of ether oxygens (including phenoxy) is 1. The highest BCUT2D eigenvalue weighted by molar-refractivity contribution is 5.98. The van der Waals surface area contributed by atoms with Crippen molar-refractivity contribution in [1.29, 1.82) is 0 Å². The Morgan fingerprint density at radius 1 is 1.21 bits per heavy atom. The van der Waals surface area contributed by atoms with Gasteiger partial charge in [-0.3, -0.25) is 10.1 Å². The number of halogens is 2. The van der Waals surface area contributed by atoms with Gasteiger partial charge in [-0.25, -0.2) is 18.4 Å². The van der Waals surface area contributed by atoms with Crippen molar-refractivity contribution in [3.05, 3.63) is 35.4 Å². The summed E-state index contributed by atoms with van der Waals surface area (Å²) in [6, 6.07) is 0.985. The highest BCUT2D eigenvalue weighted by atomic mass is 19.1. The number of hydrogen-bond donors (Lipinski definition) is 2. The molecule has 0 fully saturated rings. The lowest BCUT2D eigenvalue weighted by Crippen LogP contribution is -2.42. The summed E-state index contributed by atoms with van der Waals surface area (Å²) in [6.45, 7) is 1.17. The van der Waals surface area contributed by atoms with E-state index in [0.29, 0.717) is 6.07 Å². The van der Waals surface area contributed by atoms with E-state index in [4.69, 9.17) is 5.73 Å². The average molecular weight is 272 g/mol. The van der Waals surface area contributed by atoms with Crippen LogP contribution in [0, 0.1) is 11.6 Å². The Hall–Kier alpha value is -2.51. The van der Waals surface area contributed by atoms with Crippen molar-refractivity contribution in [2.24, 2.45) is 5.73 Å². The molecule has 0 heterocycles. The molecule has 1 atom stereocenters. The fourth-order valence-electron chi connectivity index (χ4n) is 1.18. The minimum Gasteiger partial charge on any atom is -0.449 e. The van der Waals surface area contributed by atoms with Crippen molar-refractivity contribution in [1.82, 2.24) is 5.32 Å². The van der Waals surface area contributed by atoms with Gasteiger partial charge in [0.15, 0.2) is 6.10 Å². The molecule has 0 bridgehead atoms. The predicted octanol–water partition coefficient (Wildman–Crippen LogP) is 0.705. The highest BCUT2D eigenvalue weighted by Crippen LogP contribution is 2.10. The fourth-order valence-corrected chi connectivity index (χ4v) is 1.18. The maximum absolute atomic E-state index is 12.9. The lowest BCUT2D eigenvalue weighted by Gasteiger charge is -2.11. The number of carbonyl (C=O) groups excluding carboxylic acids is 3. The number of imide groups is 1. The van der Waals surface area contributed by atoms with Gasteiger partial charge in [0, 0.05) is 6.07 Å². The van der Waals surface area contributed by atoms with Crippen molar-refractivity contribution in [3.63, 3.8) is 0 Å². The predicted molar refractivity (Wildman–Crippen MR) is 59.0 cm³/mol. The molecule has 0 radical (unpaired) electrons. The number of primary amides is 1. The Bertz CT molecular complexity index is 513. The van der Waals surface area contributed by atoms with Gasteiger partial charge in [-0.05, 0) is 19.1 Å². The van der Waals surface area contributed by atoms with Crippen LogP contribution in [-0.4, -0.2) is 24.0 Å². The first-order valence-corrected chi connectivity index (χ1v) is 5.07. The quantitative estimate of drug-likeness (QED) is 0.791. The highest BCUT2D eigenvalue weighted by Gasteiger charge is 2.20. The number of hydrogen-bond acceptors (Lipinski definition) is 4. The summed E-state index contributed by atoms with van der Waals surface area (Å²) in [7, 11) is 0. The number of benzene rings is 1. The van der Waals surface area contributed by atoms with Crippen molar-refractivity contribution in [2.45, 2.75) is 13.0 Å². The van der Waals surface area contributed by atoms with Crippen LogP contribution >= 0.6 is 0 Å². The third kappa shape index (κ3) is 4.34. The Morgan fingerprint density at radius 3 is 2.21 bits per heavy atom. The second-order valence-corrected chi connectivity index (χ2v) is 3.56. The van der Waals surface area contributed by atoms with Crippen LogP contribution in [0.2, 0.25) is 0 Å². The van der Waals surface area contributed by atoms with E-state index in [1.807, 2.05) is 0 Å². The minimum atomic E-state index is -1.34. The molecule has 0 spiro atoms. The van der Waals surface area contributed by atoms with Crippen LogP contribution in [-0.2, 0) is 9.53 Å². The molecule has 1 aromatic carbocycles. The Balaban J connectivity index is 2.74. The second kappa shape index (κ2) is 5.89. The van der Waals surface area contributed by atoms with Crippen LogP contribution in [0.5, 0.6) is 0 Å².